The standard InChI is InChI=1S/C18H18N2O3S3/c1-12(2)20(14-4-6-15(7-5-14)26(3,22)23)18(21)16-11-25-17(19-16)13-8-9-24-10-13/h4-12H,1-3H3. The molecule has 0 atom stereocenters. The summed E-state index contributed by atoms with van der Waals surface area (Å²) < 4.78 is 23.3. The van der Waals surface area contributed by atoms with Crippen molar-refractivity contribution in [3.8, 4) is 10.6 Å². The summed E-state index contributed by atoms with van der Waals surface area (Å²) in [5, 5.41) is 6.54. The van der Waals surface area contributed by atoms with Gasteiger partial charge in [0.05, 0.1) is 4.90 Å². The number of hydrogen-bond donors (Lipinski definition) is 0. The summed E-state index contributed by atoms with van der Waals surface area (Å²) in [6.45, 7) is 3.82. The lowest BCUT2D eigenvalue weighted by Gasteiger charge is -2.26. The van der Waals surface area contributed by atoms with Crippen molar-refractivity contribution in [2.45, 2.75) is 24.8 Å². The van der Waals surface area contributed by atoms with Crippen LogP contribution in [0, 0.1) is 0 Å². The highest BCUT2D eigenvalue weighted by Gasteiger charge is 2.23. The van der Waals surface area contributed by atoms with Gasteiger partial charge in [0.25, 0.3) is 5.91 Å². The van der Waals surface area contributed by atoms with E-state index in [0.717, 1.165) is 16.8 Å². The third-order valence-electron chi connectivity index (χ3n) is 3.77. The van der Waals surface area contributed by atoms with Crippen LogP contribution in [0.4, 0.5) is 5.69 Å². The van der Waals surface area contributed by atoms with E-state index in [1.54, 1.807) is 33.7 Å². The monoisotopic (exact) mass is 406 g/mol. The molecule has 3 aromatic rings. The minimum Gasteiger partial charge on any atom is -0.305 e. The molecular formula is C18H18N2O3S3. The number of benzene rings is 1. The van der Waals surface area contributed by atoms with Gasteiger partial charge >= 0.3 is 0 Å². The van der Waals surface area contributed by atoms with E-state index in [0.29, 0.717) is 11.4 Å². The summed E-state index contributed by atoms with van der Waals surface area (Å²) in [5.74, 6) is -0.204. The van der Waals surface area contributed by atoms with Gasteiger partial charge in [-0.2, -0.15) is 11.3 Å². The highest BCUT2D eigenvalue weighted by atomic mass is 32.2. The van der Waals surface area contributed by atoms with Gasteiger partial charge in [0.1, 0.15) is 10.7 Å². The molecule has 0 aliphatic heterocycles. The van der Waals surface area contributed by atoms with Crippen LogP contribution in [-0.2, 0) is 9.84 Å². The predicted octanol–water partition coefficient (Wildman–Crippen LogP) is 4.33. The van der Waals surface area contributed by atoms with Crippen LogP contribution in [-0.4, -0.2) is 31.6 Å². The zero-order chi connectivity index (χ0) is 18.9. The molecule has 0 fully saturated rings. The maximum absolute atomic E-state index is 13.0. The van der Waals surface area contributed by atoms with Gasteiger partial charge in [0.2, 0.25) is 0 Å². The van der Waals surface area contributed by atoms with Crippen molar-refractivity contribution in [2.75, 3.05) is 11.2 Å². The predicted molar refractivity (Wildman–Crippen MR) is 107 cm³/mol. The summed E-state index contributed by atoms with van der Waals surface area (Å²) in [7, 11) is -3.27. The van der Waals surface area contributed by atoms with E-state index in [2.05, 4.69) is 4.98 Å². The van der Waals surface area contributed by atoms with Gasteiger partial charge in [-0.15, -0.1) is 11.3 Å². The van der Waals surface area contributed by atoms with Gasteiger partial charge in [0, 0.05) is 34.3 Å². The molecule has 2 heterocycles. The third-order valence-corrected chi connectivity index (χ3v) is 6.47. The van der Waals surface area contributed by atoms with Crippen LogP contribution in [0.15, 0.2) is 51.4 Å². The van der Waals surface area contributed by atoms with E-state index in [4.69, 9.17) is 0 Å². The minimum atomic E-state index is -3.27. The summed E-state index contributed by atoms with van der Waals surface area (Å²) in [4.78, 5) is 19.3. The molecule has 0 N–H and O–H groups in total. The number of nitrogens with zero attached hydrogens (tertiary/aromatic N) is 2. The fourth-order valence-corrected chi connectivity index (χ4v) is 4.65. The molecule has 0 aliphatic rings. The fourth-order valence-electron chi connectivity index (χ4n) is 2.52. The molecule has 8 heteroatoms. The number of carbonyl (C=O) groups excluding carboxylic acids is 1. The largest absolute Gasteiger partial charge is 0.305 e. The van der Waals surface area contributed by atoms with Gasteiger partial charge in [-0.1, -0.05) is 0 Å². The molecule has 0 radical (unpaired) electrons. The molecule has 0 bridgehead atoms. The number of sulfone groups is 1. The molecule has 136 valence electrons. The minimum absolute atomic E-state index is 0.0992. The molecule has 0 aliphatic carbocycles. The Bertz CT molecular complexity index is 1000. The van der Waals surface area contributed by atoms with Crippen molar-refractivity contribution in [3.63, 3.8) is 0 Å². The zero-order valence-electron chi connectivity index (χ0n) is 14.5. The molecule has 0 unspecified atom stereocenters. The normalized spacial score (nSPS) is 11.7. The third kappa shape index (κ3) is 3.87. The SMILES string of the molecule is CC(C)N(C(=O)c1csc(-c2ccsc2)n1)c1ccc(S(C)(=O)=O)cc1. The Hall–Kier alpha value is -2.03. The van der Waals surface area contributed by atoms with Crippen molar-refractivity contribution in [3.05, 3.63) is 52.2 Å². The van der Waals surface area contributed by atoms with E-state index in [1.807, 2.05) is 30.7 Å². The molecule has 0 saturated heterocycles. The number of thiophene rings is 1. The lowest BCUT2D eigenvalue weighted by Crippen LogP contribution is -2.37. The van der Waals surface area contributed by atoms with E-state index < -0.39 is 9.84 Å². The Morgan fingerprint density at radius 3 is 2.35 bits per heavy atom. The number of hydrogen-bond acceptors (Lipinski definition) is 6. The van der Waals surface area contributed by atoms with Crippen molar-refractivity contribution in [2.24, 2.45) is 0 Å². The van der Waals surface area contributed by atoms with E-state index >= 15 is 0 Å². The van der Waals surface area contributed by atoms with Crippen molar-refractivity contribution in [1.82, 2.24) is 4.98 Å². The molecule has 0 saturated carbocycles. The highest BCUT2D eigenvalue weighted by molar-refractivity contribution is 7.90. The highest BCUT2D eigenvalue weighted by Crippen LogP contribution is 2.28. The Morgan fingerprint density at radius 2 is 1.81 bits per heavy atom. The summed E-state index contributed by atoms with van der Waals surface area (Å²) in [6.07, 6.45) is 1.16. The van der Waals surface area contributed by atoms with Crippen LogP contribution in [0.25, 0.3) is 10.6 Å². The van der Waals surface area contributed by atoms with E-state index in [9.17, 15) is 13.2 Å². The lowest BCUT2D eigenvalue weighted by molar-refractivity contribution is 0.0976. The van der Waals surface area contributed by atoms with E-state index in [-0.39, 0.29) is 16.8 Å². The van der Waals surface area contributed by atoms with Crippen LogP contribution in [0.2, 0.25) is 0 Å². The van der Waals surface area contributed by atoms with Gasteiger partial charge in [0.15, 0.2) is 9.84 Å². The summed E-state index contributed by atoms with van der Waals surface area (Å²) in [6, 6.07) is 8.22. The van der Waals surface area contributed by atoms with Crippen LogP contribution < -0.4 is 4.90 Å². The molecule has 5 nitrogen and oxygen atoms in total. The first-order valence-corrected chi connectivity index (χ1v) is 11.6. The van der Waals surface area contributed by atoms with Crippen molar-refractivity contribution >= 4 is 44.1 Å². The molecule has 2 aromatic heterocycles. The van der Waals surface area contributed by atoms with Crippen LogP contribution >= 0.6 is 22.7 Å². The number of thiazole rings is 1. The summed E-state index contributed by atoms with van der Waals surface area (Å²) in [5.41, 5.74) is 2.03. The van der Waals surface area contributed by atoms with Gasteiger partial charge in [-0.05, 0) is 49.6 Å². The molecular weight excluding hydrogens is 388 g/mol. The number of amides is 1. The van der Waals surface area contributed by atoms with Crippen LogP contribution in [0.3, 0.4) is 0 Å². The first kappa shape index (κ1) is 18.8. The number of anilines is 1. The van der Waals surface area contributed by atoms with Gasteiger partial charge in [-0.25, -0.2) is 13.4 Å². The van der Waals surface area contributed by atoms with Crippen molar-refractivity contribution < 1.29 is 13.2 Å². The van der Waals surface area contributed by atoms with Gasteiger partial charge in [-0.3, -0.25) is 4.79 Å². The van der Waals surface area contributed by atoms with E-state index in [1.165, 1.54) is 23.5 Å². The first-order chi connectivity index (χ1) is 12.3. The maximum Gasteiger partial charge on any atom is 0.277 e. The Morgan fingerprint density at radius 1 is 1.12 bits per heavy atom. The fraction of sp³-hybridized carbons (Fsp3) is 0.222. The second-order valence-corrected chi connectivity index (χ2v) is 9.74. The Kier molecular flexibility index (Phi) is 5.27. The lowest BCUT2D eigenvalue weighted by atomic mass is 10.2. The quantitative estimate of drug-likeness (QED) is 0.632. The number of carbonyl (C=O) groups is 1. The second kappa shape index (κ2) is 7.30. The van der Waals surface area contributed by atoms with Crippen molar-refractivity contribution in [1.29, 1.82) is 0 Å². The van der Waals surface area contributed by atoms with Gasteiger partial charge < -0.3 is 4.90 Å². The Balaban J connectivity index is 1.92. The molecule has 3 rings (SSSR count). The van der Waals surface area contributed by atoms with Crippen LogP contribution in [0.5, 0.6) is 0 Å². The Labute approximate surface area is 160 Å². The molecule has 1 amide bonds. The summed E-state index contributed by atoms with van der Waals surface area (Å²) >= 11 is 3.02. The molecule has 26 heavy (non-hydrogen) atoms. The zero-order valence-corrected chi connectivity index (χ0v) is 17.0. The second-order valence-electron chi connectivity index (χ2n) is 6.08. The average molecular weight is 407 g/mol. The molecule has 1 aromatic carbocycles. The topological polar surface area (TPSA) is 67.3 Å². The maximum atomic E-state index is 13.0. The number of rotatable bonds is 5. The average Bonchev–Trinajstić information content (AvgIpc) is 3.25. The van der Waals surface area contributed by atoms with Crippen LogP contribution in [0.1, 0.15) is 24.3 Å². The smallest absolute Gasteiger partial charge is 0.277 e. The first-order valence-electron chi connectivity index (χ1n) is 7.89. The molecule has 0 spiro atoms. The number of aromatic nitrogens is 1.